The minimum atomic E-state index is -2.37. The van der Waals surface area contributed by atoms with E-state index in [1.165, 1.54) is 51.8 Å². The molecule has 0 amide bonds. The summed E-state index contributed by atoms with van der Waals surface area (Å²) in [5.74, 6) is 0. The number of aromatic nitrogens is 3. The molecule has 1 N–H and O–H groups in total. The molecule has 0 saturated heterocycles. The number of nitrogens with zero attached hydrogens (tertiary/aromatic N) is 3. The van der Waals surface area contributed by atoms with Crippen molar-refractivity contribution in [3.05, 3.63) is 54.7 Å². The van der Waals surface area contributed by atoms with E-state index in [1.807, 2.05) is 17.9 Å². The van der Waals surface area contributed by atoms with Gasteiger partial charge in [-0.05, 0) is 0 Å². The van der Waals surface area contributed by atoms with Crippen molar-refractivity contribution in [1.82, 2.24) is 15.0 Å². The van der Waals surface area contributed by atoms with Crippen molar-refractivity contribution in [2.45, 2.75) is 72.6 Å². The topological polar surface area (TPSA) is 42.7 Å². The zero-order valence-corrected chi connectivity index (χ0v) is 23.3. The maximum absolute atomic E-state index is 4.42. The third-order valence-corrected chi connectivity index (χ3v) is 22.4. The maximum atomic E-state index is 4.42. The van der Waals surface area contributed by atoms with Crippen LogP contribution in [0.25, 0.3) is 16.9 Å². The van der Waals surface area contributed by atoms with Gasteiger partial charge in [0.15, 0.2) is 0 Å². The number of nitrogens with one attached hydrogen (secondary N) is 1. The average Bonchev–Trinajstić information content (AvgIpc) is 3.34. The van der Waals surface area contributed by atoms with Crippen LogP contribution in [-0.4, -0.2) is 40.4 Å². The molecule has 1 heterocycles. The van der Waals surface area contributed by atoms with E-state index in [2.05, 4.69) is 84.9 Å². The standard InChI is InChI=1S/C15H13N4.3C4H9.Sn/c1-16-13-9-7-12(8-10-13)15-11-19(18-17-15)14-5-3-2-4-6-14;3*1-3-4-2;/h3-11,16H,1H3;3*1,3-4H2,2H3;. The summed E-state index contributed by atoms with van der Waals surface area (Å²) < 4.78 is 8.12. The molecule has 4 nitrogen and oxygen atoms in total. The number of hydrogen-bond donors (Lipinski definition) is 1. The van der Waals surface area contributed by atoms with E-state index in [4.69, 9.17) is 0 Å². The van der Waals surface area contributed by atoms with Gasteiger partial charge in [-0.25, -0.2) is 0 Å². The number of anilines is 1. The molecule has 172 valence electrons. The fourth-order valence-corrected chi connectivity index (χ4v) is 20.6. The Hall–Kier alpha value is -1.82. The monoisotopic (exact) mass is 540 g/mol. The summed E-state index contributed by atoms with van der Waals surface area (Å²) in [6.07, 6.45) is 10.1. The van der Waals surface area contributed by atoms with Crippen LogP contribution in [-0.2, 0) is 0 Å². The van der Waals surface area contributed by atoms with E-state index >= 15 is 0 Å². The zero-order valence-electron chi connectivity index (χ0n) is 20.4. The molecule has 1 aromatic heterocycles. The van der Waals surface area contributed by atoms with Gasteiger partial charge in [0.1, 0.15) is 0 Å². The van der Waals surface area contributed by atoms with Crippen LogP contribution in [0, 0.1) is 0 Å². The summed E-state index contributed by atoms with van der Waals surface area (Å²) in [6, 6.07) is 17.7. The Morgan fingerprint density at radius 3 is 1.84 bits per heavy atom. The van der Waals surface area contributed by atoms with Gasteiger partial charge < -0.3 is 0 Å². The predicted molar refractivity (Wildman–Crippen MR) is 141 cm³/mol. The van der Waals surface area contributed by atoms with E-state index in [9.17, 15) is 0 Å². The Balaban J connectivity index is 1.84. The van der Waals surface area contributed by atoms with Crippen molar-refractivity contribution < 1.29 is 0 Å². The first-order chi connectivity index (χ1) is 15.7. The quantitative estimate of drug-likeness (QED) is 0.237. The Morgan fingerprint density at radius 2 is 1.34 bits per heavy atom. The van der Waals surface area contributed by atoms with E-state index < -0.39 is 18.4 Å². The Bertz CT molecular complexity index is 909. The van der Waals surface area contributed by atoms with Crippen LogP contribution in [0.15, 0.2) is 54.7 Å². The Morgan fingerprint density at radius 1 is 0.781 bits per heavy atom. The Labute approximate surface area is 198 Å². The van der Waals surface area contributed by atoms with Crippen molar-refractivity contribution in [1.29, 1.82) is 0 Å². The summed E-state index contributed by atoms with van der Waals surface area (Å²) in [5, 5.41) is 12.0. The molecule has 0 unspecified atom stereocenters. The second-order valence-corrected chi connectivity index (χ2v) is 22.3. The van der Waals surface area contributed by atoms with Crippen molar-refractivity contribution in [3.8, 4) is 16.9 Å². The first-order valence-electron chi connectivity index (χ1n) is 12.5. The zero-order chi connectivity index (χ0) is 22.8. The van der Waals surface area contributed by atoms with Gasteiger partial charge in [0.25, 0.3) is 0 Å². The van der Waals surface area contributed by atoms with E-state index in [0.29, 0.717) is 0 Å². The van der Waals surface area contributed by atoms with E-state index in [1.54, 1.807) is 3.58 Å². The van der Waals surface area contributed by atoms with Crippen LogP contribution >= 0.6 is 0 Å². The van der Waals surface area contributed by atoms with Gasteiger partial charge in [-0.3, -0.25) is 0 Å². The molecule has 5 heteroatoms. The van der Waals surface area contributed by atoms with Gasteiger partial charge in [0, 0.05) is 7.05 Å². The van der Waals surface area contributed by atoms with E-state index in [-0.39, 0.29) is 0 Å². The summed E-state index contributed by atoms with van der Waals surface area (Å²) >= 11 is -2.37. The van der Waals surface area contributed by atoms with Crippen LogP contribution in [0.4, 0.5) is 5.69 Å². The molecule has 2 aromatic carbocycles. The molecule has 3 aromatic rings. The second kappa shape index (κ2) is 12.4. The summed E-state index contributed by atoms with van der Waals surface area (Å²) in [4.78, 5) is 0. The summed E-state index contributed by atoms with van der Waals surface area (Å²) in [7, 11) is 1.93. The van der Waals surface area contributed by atoms with Gasteiger partial charge in [-0.1, -0.05) is 0 Å². The van der Waals surface area contributed by atoms with Crippen molar-refractivity contribution in [3.63, 3.8) is 0 Å². The molecular formula is C27H40N4Sn. The van der Waals surface area contributed by atoms with Gasteiger partial charge in [0.05, 0.1) is 0 Å². The van der Waals surface area contributed by atoms with Gasteiger partial charge >= 0.3 is 192 Å². The average molecular weight is 539 g/mol. The SMILES string of the molecule is CCC[CH2][Sn]([CH2]CCC)([CH2]CCC)[c]1ccc(-n2cc(-c3ccc(NC)cc3)nn2)cc1. The number of hydrogen-bond acceptors (Lipinski definition) is 3. The van der Waals surface area contributed by atoms with Crippen molar-refractivity contribution in [2.24, 2.45) is 0 Å². The van der Waals surface area contributed by atoms with Crippen molar-refractivity contribution >= 4 is 27.6 Å². The molecule has 0 spiro atoms. The Kier molecular flexibility index (Phi) is 9.64. The molecule has 0 atom stereocenters. The van der Waals surface area contributed by atoms with Crippen LogP contribution in [0.2, 0.25) is 13.3 Å². The molecule has 0 bridgehead atoms. The van der Waals surface area contributed by atoms with Crippen LogP contribution in [0.5, 0.6) is 0 Å². The summed E-state index contributed by atoms with van der Waals surface area (Å²) in [6.45, 7) is 7.02. The van der Waals surface area contributed by atoms with Crippen LogP contribution in [0.1, 0.15) is 59.3 Å². The second-order valence-electron chi connectivity index (χ2n) is 9.01. The predicted octanol–water partition coefficient (Wildman–Crippen LogP) is 7.03. The fraction of sp³-hybridized carbons (Fsp3) is 0.481. The van der Waals surface area contributed by atoms with Gasteiger partial charge in [0.2, 0.25) is 0 Å². The molecule has 0 aliphatic carbocycles. The molecule has 32 heavy (non-hydrogen) atoms. The summed E-state index contributed by atoms with van der Waals surface area (Å²) in [5.41, 5.74) is 4.18. The van der Waals surface area contributed by atoms with Gasteiger partial charge in [-0.2, -0.15) is 0 Å². The molecular weight excluding hydrogens is 499 g/mol. The first-order valence-corrected chi connectivity index (χ1v) is 20.0. The molecule has 0 aliphatic rings. The molecule has 0 fully saturated rings. The van der Waals surface area contributed by atoms with Gasteiger partial charge in [-0.15, -0.1) is 0 Å². The molecule has 0 radical (unpaired) electrons. The van der Waals surface area contributed by atoms with Crippen LogP contribution < -0.4 is 8.90 Å². The number of unbranched alkanes of at least 4 members (excludes halogenated alkanes) is 3. The molecule has 0 aliphatic heterocycles. The van der Waals surface area contributed by atoms with Crippen LogP contribution in [0.3, 0.4) is 0 Å². The molecule has 0 saturated carbocycles. The normalized spacial score (nSPS) is 11.6. The number of rotatable bonds is 13. The van der Waals surface area contributed by atoms with E-state index in [0.717, 1.165) is 22.6 Å². The first kappa shape index (κ1) is 24.8. The number of benzene rings is 2. The fourth-order valence-electron chi connectivity index (χ4n) is 4.65. The third kappa shape index (κ3) is 6.15. The molecule has 3 rings (SSSR count). The third-order valence-electron chi connectivity index (χ3n) is 6.73. The minimum absolute atomic E-state index is 0.902. The van der Waals surface area contributed by atoms with Crippen molar-refractivity contribution in [2.75, 3.05) is 12.4 Å².